The maximum atomic E-state index is 5.55. The number of anilines is 1. The van der Waals surface area contributed by atoms with Crippen LogP contribution < -0.4 is 16.6 Å². The van der Waals surface area contributed by atoms with Crippen LogP contribution in [-0.4, -0.2) is 25.7 Å². The van der Waals surface area contributed by atoms with Gasteiger partial charge < -0.3 is 10.1 Å². The van der Waals surface area contributed by atoms with Gasteiger partial charge in [-0.15, -0.1) is 0 Å². The molecule has 1 atom stereocenters. The summed E-state index contributed by atoms with van der Waals surface area (Å²) in [4.78, 5) is 4.44. The first-order valence-electron chi connectivity index (χ1n) is 6.63. The van der Waals surface area contributed by atoms with Crippen LogP contribution in [0.4, 0.5) is 5.69 Å². The number of hydrogen-bond acceptors (Lipinski definition) is 3. The molecule has 2 aromatic rings. The lowest BCUT2D eigenvalue weighted by Crippen LogP contribution is -2.37. The summed E-state index contributed by atoms with van der Waals surface area (Å²) in [6.45, 7) is 2.50. The number of benzene rings is 2. The van der Waals surface area contributed by atoms with Crippen LogP contribution in [0.5, 0.6) is 0 Å². The summed E-state index contributed by atoms with van der Waals surface area (Å²) in [5.41, 5.74) is 3.53. The molecule has 0 spiro atoms. The van der Waals surface area contributed by atoms with Crippen LogP contribution in [0.3, 0.4) is 0 Å². The van der Waals surface area contributed by atoms with Gasteiger partial charge in [0.2, 0.25) is 5.96 Å². The molecule has 2 rings (SSSR count). The Balaban J connectivity index is 2.32. The number of nitrogens with two attached hydrogens (primary N) is 1. The summed E-state index contributed by atoms with van der Waals surface area (Å²) in [6, 6.07) is 12.1. The molecular formula is C15H19BrN4O. The Kier molecular flexibility index (Phi) is 5.55. The number of rotatable bonds is 4. The molecule has 0 aliphatic heterocycles. The molecule has 112 valence electrons. The van der Waals surface area contributed by atoms with Gasteiger partial charge in [0.05, 0.1) is 12.6 Å². The first-order chi connectivity index (χ1) is 10.2. The fraction of sp³-hybridized carbons (Fsp3) is 0.267. The summed E-state index contributed by atoms with van der Waals surface area (Å²) >= 11 is 3.56. The van der Waals surface area contributed by atoms with E-state index >= 15 is 0 Å². The highest BCUT2D eigenvalue weighted by atomic mass is 79.9. The number of guanidine groups is 1. The van der Waals surface area contributed by atoms with Crippen LogP contribution in [0.2, 0.25) is 0 Å². The average Bonchev–Trinajstić information content (AvgIpc) is 2.49. The Labute approximate surface area is 132 Å². The minimum atomic E-state index is 0.00950. The topological polar surface area (TPSA) is 71.7 Å². The summed E-state index contributed by atoms with van der Waals surface area (Å²) in [6.07, 6.45) is 0. The van der Waals surface area contributed by atoms with Gasteiger partial charge in [0.15, 0.2) is 0 Å². The molecule has 0 aromatic heterocycles. The van der Waals surface area contributed by atoms with E-state index in [2.05, 4.69) is 43.8 Å². The smallest absolute Gasteiger partial charge is 0.210 e. The van der Waals surface area contributed by atoms with Gasteiger partial charge in [0, 0.05) is 22.7 Å². The van der Waals surface area contributed by atoms with Crippen LogP contribution in [0.25, 0.3) is 10.8 Å². The summed E-state index contributed by atoms with van der Waals surface area (Å²) in [5, 5.41) is 5.45. The maximum Gasteiger partial charge on any atom is 0.210 e. The van der Waals surface area contributed by atoms with E-state index in [1.165, 1.54) is 0 Å². The Bertz CT molecular complexity index is 645. The fourth-order valence-electron chi connectivity index (χ4n) is 2.10. The molecule has 0 aliphatic rings. The highest BCUT2D eigenvalue weighted by Crippen LogP contribution is 2.29. The predicted molar refractivity (Wildman–Crippen MR) is 91.4 cm³/mol. The molecule has 6 heteroatoms. The zero-order chi connectivity index (χ0) is 15.2. The van der Waals surface area contributed by atoms with Crippen LogP contribution in [-0.2, 0) is 4.74 Å². The molecule has 1 unspecified atom stereocenters. The third-order valence-corrected chi connectivity index (χ3v) is 3.71. The summed E-state index contributed by atoms with van der Waals surface area (Å²) in [5.74, 6) is 6.05. The highest BCUT2D eigenvalue weighted by Gasteiger charge is 2.07. The predicted octanol–water partition coefficient (Wildman–Crippen LogP) is 2.87. The van der Waals surface area contributed by atoms with E-state index in [-0.39, 0.29) is 6.04 Å². The molecule has 0 aliphatic carbocycles. The van der Waals surface area contributed by atoms with E-state index in [1.807, 2.05) is 31.2 Å². The summed E-state index contributed by atoms with van der Waals surface area (Å²) in [7, 11) is 1.65. The maximum absolute atomic E-state index is 5.55. The molecule has 5 nitrogen and oxygen atoms in total. The van der Waals surface area contributed by atoms with Crippen LogP contribution >= 0.6 is 15.9 Å². The Morgan fingerprint density at radius 2 is 2.00 bits per heavy atom. The Morgan fingerprint density at radius 1 is 1.29 bits per heavy atom. The van der Waals surface area contributed by atoms with Crippen molar-refractivity contribution in [3.8, 4) is 0 Å². The molecule has 0 fully saturated rings. The molecule has 4 N–H and O–H groups in total. The zero-order valence-electron chi connectivity index (χ0n) is 12.1. The Morgan fingerprint density at radius 3 is 2.67 bits per heavy atom. The lowest BCUT2D eigenvalue weighted by Gasteiger charge is -2.14. The number of nitrogens with one attached hydrogen (secondary N) is 2. The van der Waals surface area contributed by atoms with Gasteiger partial charge in [-0.2, -0.15) is 0 Å². The molecule has 0 radical (unpaired) electrons. The molecular weight excluding hydrogens is 332 g/mol. The number of ether oxygens (including phenoxy) is 1. The normalized spacial score (nSPS) is 13.2. The van der Waals surface area contributed by atoms with Crippen molar-refractivity contribution in [1.82, 2.24) is 5.43 Å². The molecule has 0 amide bonds. The molecule has 0 heterocycles. The molecule has 21 heavy (non-hydrogen) atoms. The number of halogens is 1. The number of nitrogens with zero attached hydrogens (tertiary/aromatic N) is 1. The Hall–Kier alpha value is -1.63. The van der Waals surface area contributed by atoms with E-state index in [4.69, 9.17) is 10.6 Å². The standard InChI is InChI=1S/C15H19BrN4O/c1-10(9-21-2)18-15(20-17)19-14-8-7-13(16)11-5-3-4-6-12(11)14/h3-8,10H,9,17H2,1-2H3,(H2,18,19,20). The molecule has 0 saturated carbocycles. The number of aliphatic imine (C=N–C) groups is 1. The zero-order valence-corrected chi connectivity index (χ0v) is 13.6. The highest BCUT2D eigenvalue weighted by molar-refractivity contribution is 9.10. The first-order valence-corrected chi connectivity index (χ1v) is 7.42. The lowest BCUT2D eigenvalue weighted by molar-refractivity contribution is 0.185. The second-order valence-electron chi connectivity index (χ2n) is 4.69. The van der Waals surface area contributed by atoms with Crippen molar-refractivity contribution in [3.05, 3.63) is 40.9 Å². The van der Waals surface area contributed by atoms with Crippen molar-refractivity contribution in [2.24, 2.45) is 10.8 Å². The largest absolute Gasteiger partial charge is 0.382 e. The lowest BCUT2D eigenvalue weighted by atomic mass is 10.1. The minimum absolute atomic E-state index is 0.00950. The van der Waals surface area contributed by atoms with E-state index in [9.17, 15) is 0 Å². The van der Waals surface area contributed by atoms with Crippen LogP contribution in [0.1, 0.15) is 6.92 Å². The molecule has 0 bridgehead atoms. The average molecular weight is 351 g/mol. The number of methoxy groups -OCH3 is 1. The monoisotopic (exact) mass is 350 g/mol. The SMILES string of the molecule is COCC(C)N=C(NN)Nc1ccc(Br)c2ccccc12. The third kappa shape index (κ3) is 3.93. The fourth-order valence-corrected chi connectivity index (χ4v) is 2.58. The van der Waals surface area contributed by atoms with Crippen molar-refractivity contribution in [2.75, 3.05) is 19.0 Å². The van der Waals surface area contributed by atoms with E-state index in [0.717, 1.165) is 20.9 Å². The van der Waals surface area contributed by atoms with E-state index in [0.29, 0.717) is 12.6 Å². The van der Waals surface area contributed by atoms with Gasteiger partial charge in [0.1, 0.15) is 0 Å². The van der Waals surface area contributed by atoms with Gasteiger partial charge in [-0.05, 0) is 24.4 Å². The van der Waals surface area contributed by atoms with E-state index < -0.39 is 0 Å². The second kappa shape index (κ2) is 7.40. The van der Waals surface area contributed by atoms with Gasteiger partial charge in [-0.3, -0.25) is 5.43 Å². The second-order valence-corrected chi connectivity index (χ2v) is 5.55. The quantitative estimate of drug-likeness (QED) is 0.343. The molecule has 0 saturated heterocycles. The van der Waals surface area contributed by atoms with Crippen molar-refractivity contribution < 1.29 is 4.74 Å². The van der Waals surface area contributed by atoms with Crippen LogP contribution in [0.15, 0.2) is 45.9 Å². The van der Waals surface area contributed by atoms with Crippen molar-refractivity contribution in [2.45, 2.75) is 13.0 Å². The molecule has 2 aromatic carbocycles. The van der Waals surface area contributed by atoms with Crippen molar-refractivity contribution >= 4 is 38.3 Å². The minimum Gasteiger partial charge on any atom is -0.382 e. The summed E-state index contributed by atoms with van der Waals surface area (Å²) < 4.78 is 6.13. The van der Waals surface area contributed by atoms with Crippen molar-refractivity contribution in [1.29, 1.82) is 0 Å². The van der Waals surface area contributed by atoms with Gasteiger partial charge in [-0.25, -0.2) is 10.8 Å². The number of hydrogen-bond donors (Lipinski definition) is 3. The first kappa shape index (κ1) is 15.8. The third-order valence-electron chi connectivity index (χ3n) is 3.02. The van der Waals surface area contributed by atoms with Gasteiger partial charge >= 0.3 is 0 Å². The van der Waals surface area contributed by atoms with Crippen molar-refractivity contribution in [3.63, 3.8) is 0 Å². The van der Waals surface area contributed by atoms with E-state index in [1.54, 1.807) is 7.11 Å². The van der Waals surface area contributed by atoms with Gasteiger partial charge in [-0.1, -0.05) is 40.2 Å². The van der Waals surface area contributed by atoms with Crippen LogP contribution in [0, 0.1) is 0 Å². The number of hydrazine groups is 1. The van der Waals surface area contributed by atoms with Gasteiger partial charge in [0.25, 0.3) is 0 Å². The number of fused-ring (bicyclic) bond motifs is 1.